The molecule has 1 aliphatic carbocycles. The average molecular weight is 263 g/mol. The maximum atomic E-state index is 12.3. The summed E-state index contributed by atoms with van der Waals surface area (Å²) in [5, 5.41) is 0. The van der Waals surface area contributed by atoms with Crippen LogP contribution >= 0.6 is 0 Å². The Hall–Kier alpha value is -1.13. The summed E-state index contributed by atoms with van der Waals surface area (Å²) in [6, 6.07) is 9.35. The predicted molar refractivity (Wildman–Crippen MR) is 72.3 cm³/mol. The number of sulfonamides is 1. The highest BCUT2D eigenvalue weighted by molar-refractivity contribution is 7.99. The van der Waals surface area contributed by atoms with Gasteiger partial charge in [0.25, 0.3) is 0 Å². The first-order chi connectivity index (χ1) is 8.61. The molecule has 1 aromatic rings. The average Bonchev–Trinajstić information content (AvgIpc) is 2.62. The molecule has 2 aliphatic rings. The van der Waals surface area contributed by atoms with Gasteiger partial charge in [-0.15, -0.1) is 0 Å². The van der Waals surface area contributed by atoms with Gasteiger partial charge < -0.3 is 0 Å². The summed E-state index contributed by atoms with van der Waals surface area (Å²) in [4.78, 5) is 0.449. The van der Waals surface area contributed by atoms with E-state index < -0.39 is 10.0 Å². The van der Waals surface area contributed by atoms with E-state index in [4.69, 9.17) is 0 Å². The lowest BCUT2D eigenvalue weighted by Crippen LogP contribution is -2.43. The number of rotatable bonds is 1. The molecule has 1 N–H and O–H groups in total. The molecule has 1 saturated carbocycles. The van der Waals surface area contributed by atoms with Gasteiger partial charge in [0.1, 0.15) is 0 Å². The normalized spacial score (nSPS) is 25.0. The Bertz CT molecular complexity index is 569. The van der Waals surface area contributed by atoms with Crippen LogP contribution in [0.15, 0.2) is 36.4 Å². The van der Waals surface area contributed by atoms with Crippen LogP contribution in [0.3, 0.4) is 0 Å². The number of hydrogen-bond donors (Lipinski definition) is 1. The van der Waals surface area contributed by atoms with Crippen molar-refractivity contribution in [3.05, 3.63) is 42.0 Å². The Morgan fingerprint density at radius 3 is 2.33 bits per heavy atom. The van der Waals surface area contributed by atoms with Crippen molar-refractivity contribution >= 4 is 14.9 Å². The molecule has 1 aromatic carbocycles. The lowest BCUT2D eigenvalue weighted by molar-refractivity contribution is 0.336. The maximum absolute atomic E-state index is 12.3. The lowest BCUT2D eigenvalue weighted by atomic mass is 9.82. The van der Waals surface area contributed by atoms with Crippen LogP contribution in [0.5, 0.6) is 0 Å². The van der Waals surface area contributed by atoms with Gasteiger partial charge in [0.2, 0.25) is 10.0 Å². The van der Waals surface area contributed by atoms with E-state index >= 15 is 0 Å². The predicted octanol–water partition coefficient (Wildman–Crippen LogP) is 2.66. The summed E-state index contributed by atoms with van der Waals surface area (Å²) in [5.41, 5.74) is 0.467. The highest BCUT2D eigenvalue weighted by Crippen LogP contribution is 2.39. The first-order valence-electron chi connectivity index (χ1n) is 6.44. The lowest BCUT2D eigenvalue weighted by Gasteiger charge is -2.30. The fraction of sp³-hybridized carbons (Fsp3) is 0.429. The Balaban J connectivity index is 2.04. The van der Waals surface area contributed by atoms with Crippen LogP contribution in [-0.4, -0.2) is 14.0 Å². The molecule has 0 aromatic heterocycles. The zero-order valence-electron chi connectivity index (χ0n) is 10.2. The van der Waals surface area contributed by atoms with E-state index in [0.717, 1.165) is 31.2 Å². The number of hydrogen-bond acceptors (Lipinski definition) is 2. The summed E-state index contributed by atoms with van der Waals surface area (Å²) in [6.45, 7) is 0. The van der Waals surface area contributed by atoms with Crippen LogP contribution in [0.2, 0.25) is 0 Å². The van der Waals surface area contributed by atoms with Crippen molar-refractivity contribution in [3.8, 4) is 0 Å². The molecule has 0 unspecified atom stereocenters. The molecule has 1 fully saturated rings. The third kappa shape index (κ3) is 1.99. The second-order valence-electron chi connectivity index (χ2n) is 5.20. The first-order valence-corrected chi connectivity index (χ1v) is 7.92. The van der Waals surface area contributed by atoms with Crippen molar-refractivity contribution < 1.29 is 8.42 Å². The molecule has 18 heavy (non-hydrogen) atoms. The molecule has 0 bridgehead atoms. The van der Waals surface area contributed by atoms with Crippen LogP contribution in [0.1, 0.15) is 37.7 Å². The van der Waals surface area contributed by atoms with Gasteiger partial charge in [0.05, 0.1) is 10.4 Å². The zero-order chi connectivity index (χ0) is 12.6. The van der Waals surface area contributed by atoms with Gasteiger partial charge in [-0.25, -0.2) is 13.1 Å². The summed E-state index contributed by atoms with van der Waals surface area (Å²) in [6.07, 6.45) is 7.18. The minimum Gasteiger partial charge on any atom is -0.207 e. The Morgan fingerprint density at radius 2 is 1.67 bits per heavy atom. The molecule has 1 aliphatic heterocycles. The highest BCUT2D eigenvalue weighted by Gasteiger charge is 2.42. The minimum absolute atomic E-state index is 0.317. The van der Waals surface area contributed by atoms with E-state index in [1.54, 1.807) is 0 Å². The van der Waals surface area contributed by atoms with Gasteiger partial charge in [-0.05, 0) is 24.5 Å². The third-order valence-corrected chi connectivity index (χ3v) is 5.45. The molecule has 3 rings (SSSR count). The van der Waals surface area contributed by atoms with Gasteiger partial charge >= 0.3 is 0 Å². The fourth-order valence-electron chi connectivity index (χ4n) is 2.95. The molecule has 0 atom stereocenters. The van der Waals surface area contributed by atoms with Crippen LogP contribution in [-0.2, 0) is 10.0 Å². The smallest absolute Gasteiger partial charge is 0.207 e. The molecular formula is C14H17NO2S. The van der Waals surface area contributed by atoms with Crippen molar-refractivity contribution in [2.75, 3.05) is 0 Å². The van der Waals surface area contributed by atoms with Crippen molar-refractivity contribution in [2.45, 2.75) is 37.6 Å². The summed E-state index contributed by atoms with van der Waals surface area (Å²) < 4.78 is 27.4. The second kappa shape index (κ2) is 4.21. The van der Waals surface area contributed by atoms with E-state index in [-0.39, 0.29) is 5.54 Å². The summed E-state index contributed by atoms with van der Waals surface area (Å²) in [7, 11) is -3.34. The molecule has 3 nitrogen and oxygen atoms in total. The van der Waals surface area contributed by atoms with Gasteiger partial charge in [-0.1, -0.05) is 49.6 Å². The van der Waals surface area contributed by atoms with E-state index in [1.165, 1.54) is 6.42 Å². The van der Waals surface area contributed by atoms with E-state index in [2.05, 4.69) is 4.72 Å². The number of benzene rings is 1. The summed E-state index contributed by atoms with van der Waals surface area (Å²) in [5.74, 6) is 0. The SMILES string of the molecule is O=S1(=O)NC2(C=C1c1ccccc1)CCCCC2. The quantitative estimate of drug-likeness (QED) is 0.846. The topological polar surface area (TPSA) is 46.2 Å². The molecule has 1 spiro atoms. The van der Waals surface area contributed by atoms with E-state index in [9.17, 15) is 8.42 Å². The van der Waals surface area contributed by atoms with Gasteiger partial charge in [-0.3, -0.25) is 0 Å². The van der Waals surface area contributed by atoms with Crippen molar-refractivity contribution in [3.63, 3.8) is 0 Å². The second-order valence-corrected chi connectivity index (χ2v) is 6.85. The van der Waals surface area contributed by atoms with Crippen LogP contribution < -0.4 is 4.72 Å². The van der Waals surface area contributed by atoms with E-state index in [1.807, 2.05) is 36.4 Å². The first kappa shape index (κ1) is 11.9. The monoisotopic (exact) mass is 263 g/mol. The molecule has 96 valence electrons. The fourth-order valence-corrected chi connectivity index (χ4v) is 4.69. The molecule has 0 radical (unpaired) electrons. The molecular weight excluding hydrogens is 246 g/mol. The van der Waals surface area contributed by atoms with E-state index in [0.29, 0.717) is 4.91 Å². The molecule has 0 amide bonds. The van der Waals surface area contributed by atoms with Crippen LogP contribution in [0.4, 0.5) is 0 Å². The maximum Gasteiger partial charge on any atom is 0.241 e. The van der Waals surface area contributed by atoms with Crippen molar-refractivity contribution in [2.24, 2.45) is 0 Å². The molecule has 4 heteroatoms. The number of nitrogens with one attached hydrogen (secondary N) is 1. The zero-order valence-corrected chi connectivity index (χ0v) is 11.0. The molecule has 1 heterocycles. The Kier molecular flexibility index (Phi) is 2.79. The Labute approximate surface area is 108 Å². The highest BCUT2D eigenvalue weighted by atomic mass is 32.2. The van der Waals surface area contributed by atoms with Crippen molar-refractivity contribution in [1.82, 2.24) is 4.72 Å². The van der Waals surface area contributed by atoms with Crippen LogP contribution in [0, 0.1) is 0 Å². The van der Waals surface area contributed by atoms with Gasteiger partial charge in [0.15, 0.2) is 0 Å². The Morgan fingerprint density at radius 1 is 1.00 bits per heavy atom. The van der Waals surface area contributed by atoms with Crippen molar-refractivity contribution in [1.29, 1.82) is 0 Å². The van der Waals surface area contributed by atoms with Gasteiger partial charge in [0, 0.05) is 0 Å². The van der Waals surface area contributed by atoms with Crippen LogP contribution in [0.25, 0.3) is 4.91 Å². The molecule has 0 saturated heterocycles. The standard InChI is InChI=1S/C14H17NO2S/c16-18(17)13(12-7-3-1-4-8-12)11-14(15-18)9-5-2-6-10-14/h1,3-4,7-8,11,15H,2,5-6,9-10H2. The summed E-state index contributed by atoms with van der Waals surface area (Å²) >= 11 is 0. The third-order valence-electron chi connectivity index (χ3n) is 3.84. The largest absolute Gasteiger partial charge is 0.241 e. The minimum atomic E-state index is -3.34. The van der Waals surface area contributed by atoms with Gasteiger partial charge in [-0.2, -0.15) is 0 Å².